The Bertz CT molecular complexity index is 359. The molecule has 0 radical (unpaired) electrons. The molecule has 2 fully saturated rings. The lowest BCUT2D eigenvalue weighted by Crippen LogP contribution is -2.52. The lowest BCUT2D eigenvalue weighted by Gasteiger charge is -2.41. The van der Waals surface area contributed by atoms with Crippen LogP contribution in [0.15, 0.2) is 0 Å². The summed E-state index contributed by atoms with van der Waals surface area (Å²) in [6, 6.07) is 0. The van der Waals surface area contributed by atoms with E-state index in [0.717, 1.165) is 13.1 Å². The average Bonchev–Trinajstić information content (AvgIpc) is 2.77. The number of fused-ring (bicyclic) bond motifs is 1. The molecule has 4 nitrogen and oxygen atoms in total. The van der Waals surface area contributed by atoms with Gasteiger partial charge in [-0.1, -0.05) is 39.5 Å². The van der Waals surface area contributed by atoms with Crippen LogP contribution in [0.1, 0.15) is 59.3 Å². The van der Waals surface area contributed by atoms with E-state index in [1.54, 1.807) is 0 Å². The molecular formula is C16H31N3O. The number of carbonyl (C=O) groups is 1. The van der Waals surface area contributed by atoms with Crippen LogP contribution in [0.3, 0.4) is 0 Å². The molecule has 116 valence electrons. The molecule has 1 unspecified atom stereocenters. The van der Waals surface area contributed by atoms with E-state index >= 15 is 0 Å². The molecule has 0 aromatic carbocycles. The zero-order valence-electron chi connectivity index (χ0n) is 13.3. The minimum absolute atomic E-state index is 0.274. The number of piperidine rings is 1. The van der Waals surface area contributed by atoms with Gasteiger partial charge in [0.25, 0.3) is 0 Å². The fourth-order valence-corrected chi connectivity index (χ4v) is 4.21. The zero-order chi connectivity index (χ0) is 15.0. The van der Waals surface area contributed by atoms with E-state index in [1.165, 1.54) is 38.5 Å². The molecule has 4 N–H and O–H groups in total. The van der Waals surface area contributed by atoms with Crippen molar-refractivity contribution in [3.8, 4) is 0 Å². The fraction of sp³-hybridized carbons (Fsp3) is 0.938. The standard InChI is InChI=1S/C16H31N3O/c1-4-6-7-9-15(3,8-5-2)19-10-12-13(11-19)16(12,18)14(17)20/h12-13H,4-11,18H2,1-3H3,(H2,17,20)/t12-,13+,15?,16-. The lowest BCUT2D eigenvalue weighted by atomic mass is 9.87. The van der Waals surface area contributed by atoms with E-state index in [9.17, 15) is 4.79 Å². The minimum Gasteiger partial charge on any atom is -0.368 e. The number of primary amides is 1. The highest BCUT2D eigenvalue weighted by Crippen LogP contribution is 2.55. The van der Waals surface area contributed by atoms with E-state index in [1.807, 2.05) is 0 Å². The number of amides is 1. The van der Waals surface area contributed by atoms with Crippen LogP contribution in [0.25, 0.3) is 0 Å². The third kappa shape index (κ3) is 2.48. The van der Waals surface area contributed by atoms with E-state index in [-0.39, 0.29) is 11.4 Å². The Kier molecular flexibility index (Phi) is 4.45. The van der Waals surface area contributed by atoms with Crippen molar-refractivity contribution in [2.45, 2.75) is 70.4 Å². The van der Waals surface area contributed by atoms with Gasteiger partial charge in [-0.2, -0.15) is 0 Å². The Morgan fingerprint density at radius 3 is 2.25 bits per heavy atom. The number of nitrogens with zero attached hydrogens (tertiary/aromatic N) is 1. The Hall–Kier alpha value is -0.610. The van der Waals surface area contributed by atoms with Gasteiger partial charge in [0, 0.05) is 30.5 Å². The van der Waals surface area contributed by atoms with Gasteiger partial charge in [-0.05, 0) is 19.8 Å². The molecule has 1 amide bonds. The predicted molar refractivity (Wildman–Crippen MR) is 82.1 cm³/mol. The summed E-state index contributed by atoms with van der Waals surface area (Å²) >= 11 is 0. The van der Waals surface area contributed by atoms with E-state index in [2.05, 4.69) is 25.7 Å². The summed E-state index contributed by atoms with van der Waals surface area (Å²) in [6.07, 6.45) is 7.55. The number of hydrogen-bond donors (Lipinski definition) is 2. The fourth-order valence-electron chi connectivity index (χ4n) is 4.21. The second-order valence-electron chi connectivity index (χ2n) is 7.12. The first kappa shape index (κ1) is 15.8. The largest absolute Gasteiger partial charge is 0.368 e. The first-order valence-corrected chi connectivity index (χ1v) is 8.24. The summed E-state index contributed by atoms with van der Waals surface area (Å²) in [5.74, 6) is 0.278. The molecule has 0 aromatic heterocycles. The van der Waals surface area contributed by atoms with Crippen LogP contribution >= 0.6 is 0 Å². The summed E-state index contributed by atoms with van der Waals surface area (Å²) in [4.78, 5) is 14.0. The van der Waals surface area contributed by atoms with Gasteiger partial charge in [-0.15, -0.1) is 0 Å². The number of unbranched alkanes of at least 4 members (excludes halogenated alkanes) is 2. The Morgan fingerprint density at radius 2 is 1.80 bits per heavy atom. The molecular weight excluding hydrogens is 250 g/mol. The molecule has 4 heteroatoms. The number of carbonyl (C=O) groups excluding carboxylic acids is 1. The maximum atomic E-state index is 11.5. The lowest BCUT2D eigenvalue weighted by molar-refractivity contribution is -0.121. The van der Waals surface area contributed by atoms with Crippen molar-refractivity contribution >= 4 is 5.91 Å². The van der Waals surface area contributed by atoms with Crippen molar-refractivity contribution in [3.05, 3.63) is 0 Å². The van der Waals surface area contributed by atoms with Gasteiger partial charge in [0.15, 0.2) is 0 Å². The quantitative estimate of drug-likeness (QED) is 0.667. The SMILES string of the molecule is CCCCCC(C)(CCC)N1C[C@@H]2[C@H](C1)[C@@]2(N)C(N)=O. The highest BCUT2D eigenvalue weighted by Gasteiger charge is 2.70. The van der Waals surface area contributed by atoms with Gasteiger partial charge >= 0.3 is 0 Å². The topological polar surface area (TPSA) is 72.3 Å². The minimum atomic E-state index is -0.701. The molecule has 1 saturated heterocycles. The van der Waals surface area contributed by atoms with Gasteiger partial charge in [0.05, 0.1) is 0 Å². The number of hydrogen-bond acceptors (Lipinski definition) is 3. The van der Waals surface area contributed by atoms with Crippen LogP contribution in [0.2, 0.25) is 0 Å². The van der Waals surface area contributed by atoms with Gasteiger partial charge < -0.3 is 11.5 Å². The summed E-state index contributed by atoms with van der Waals surface area (Å²) in [7, 11) is 0. The molecule has 1 saturated carbocycles. The number of rotatable bonds is 8. The van der Waals surface area contributed by atoms with Gasteiger partial charge in [-0.25, -0.2) is 0 Å². The van der Waals surface area contributed by atoms with Crippen molar-refractivity contribution in [2.24, 2.45) is 23.3 Å². The summed E-state index contributed by atoms with van der Waals surface area (Å²) in [5.41, 5.74) is 11.2. The average molecular weight is 281 g/mol. The third-order valence-electron chi connectivity index (χ3n) is 5.74. The molecule has 20 heavy (non-hydrogen) atoms. The smallest absolute Gasteiger partial charge is 0.238 e. The van der Waals surface area contributed by atoms with Crippen LogP contribution in [0.5, 0.6) is 0 Å². The molecule has 4 atom stereocenters. The predicted octanol–water partition coefficient (Wildman–Crippen LogP) is 1.87. The second kappa shape index (κ2) is 5.64. The summed E-state index contributed by atoms with van der Waals surface area (Å²) in [5, 5.41) is 0. The summed E-state index contributed by atoms with van der Waals surface area (Å²) < 4.78 is 0. The van der Waals surface area contributed by atoms with Crippen LogP contribution in [-0.4, -0.2) is 35.0 Å². The van der Waals surface area contributed by atoms with E-state index in [0.29, 0.717) is 11.8 Å². The first-order valence-electron chi connectivity index (χ1n) is 8.24. The monoisotopic (exact) mass is 281 g/mol. The van der Waals surface area contributed by atoms with Crippen LogP contribution < -0.4 is 11.5 Å². The van der Waals surface area contributed by atoms with Crippen LogP contribution in [-0.2, 0) is 4.79 Å². The molecule has 1 heterocycles. The van der Waals surface area contributed by atoms with Crippen LogP contribution in [0, 0.1) is 11.8 Å². The number of nitrogens with two attached hydrogens (primary N) is 2. The highest BCUT2D eigenvalue weighted by atomic mass is 16.1. The highest BCUT2D eigenvalue weighted by molar-refractivity contribution is 5.89. The zero-order valence-corrected chi connectivity index (χ0v) is 13.3. The van der Waals surface area contributed by atoms with E-state index in [4.69, 9.17) is 11.5 Å². The normalized spacial score (nSPS) is 35.6. The van der Waals surface area contributed by atoms with Crippen molar-refractivity contribution in [2.75, 3.05) is 13.1 Å². The Morgan fingerprint density at radius 1 is 1.20 bits per heavy atom. The molecule has 2 rings (SSSR count). The van der Waals surface area contributed by atoms with Gasteiger partial charge in [0.2, 0.25) is 5.91 Å². The van der Waals surface area contributed by atoms with Crippen molar-refractivity contribution in [3.63, 3.8) is 0 Å². The maximum Gasteiger partial charge on any atom is 0.238 e. The molecule has 1 aliphatic heterocycles. The van der Waals surface area contributed by atoms with Gasteiger partial charge in [-0.3, -0.25) is 9.69 Å². The van der Waals surface area contributed by atoms with Crippen LogP contribution in [0.4, 0.5) is 0 Å². The number of likely N-dealkylation sites (tertiary alicyclic amines) is 1. The maximum absolute atomic E-state index is 11.5. The molecule has 0 aromatic rings. The summed E-state index contributed by atoms with van der Waals surface area (Å²) in [6.45, 7) is 8.79. The van der Waals surface area contributed by atoms with Gasteiger partial charge in [0.1, 0.15) is 5.54 Å². The Balaban J connectivity index is 1.95. The van der Waals surface area contributed by atoms with Crippen molar-refractivity contribution in [1.82, 2.24) is 4.90 Å². The molecule has 0 spiro atoms. The van der Waals surface area contributed by atoms with Crippen molar-refractivity contribution < 1.29 is 4.79 Å². The third-order valence-corrected chi connectivity index (χ3v) is 5.74. The van der Waals surface area contributed by atoms with Crippen molar-refractivity contribution in [1.29, 1.82) is 0 Å². The molecule has 1 aliphatic carbocycles. The molecule has 2 aliphatic rings. The Labute approximate surface area is 123 Å². The second-order valence-corrected chi connectivity index (χ2v) is 7.12. The first-order chi connectivity index (χ1) is 9.40. The molecule has 0 bridgehead atoms. The van der Waals surface area contributed by atoms with E-state index < -0.39 is 5.54 Å².